The van der Waals surface area contributed by atoms with Crippen molar-refractivity contribution in [2.24, 2.45) is 7.05 Å². The molecule has 2 aromatic rings. The highest BCUT2D eigenvalue weighted by molar-refractivity contribution is 5.19. The third-order valence-corrected chi connectivity index (χ3v) is 3.68. The van der Waals surface area contributed by atoms with Crippen LogP contribution in [-0.4, -0.2) is 16.3 Å². The molecule has 0 bridgehead atoms. The number of nitrogens with zero attached hydrogens (tertiary/aromatic N) is 2. The summed E-state index contributed by atoms with van der Waals surface area (Å²) in [7, 11) is 2.03. The van der Waals surface area contributed by atoms with E-state index in [1.807, 2.05) is 11.7 Å². The van der Waals surface area contributed by atoms with E-state index < -0.39 is 0 Å². The van der Waals surface area contributed by atoms with Crippen molar-refractivity contribution in [3.63, 3.8) is 0 Å². The van der Waals surface area contributed by atoms with Crippen LogP contribution < -0.4 is 5.32 Å². The van der Waals surface area contributed by atoms with Crippen molar-refractivity contribution in [3.05, 3.63) is 53.3 Å². The second-order valence-corrected chi connectivity index (χ2v) is 5.31. The molecule has 108 valence electrons. The average molecular weight is 271 g/mol. The number of nitrogens with one attached hydrogen (secondary N) is 1. The van der Waals surface area contributed by atoms with Gasteiger partial charge in [0.2, 0.25) is 0 Å². The Kier molecular flexibility index (Phi) is 5.36. The lowest BCUT2D eigenvalue weighted by atomic mass is 10.0. The number of aryl methyl sites for hydroxylation is 3. The Bertz CT molecular complexity index is 516. The van der Waals surface area contributed by atoms with Gasteiger partial charge in [-0.2, -0.15) is 5.10 Å². The average Bonchev–Trinajstić information content (AvgIpc) is 2.77. The minimum absolute atomic E-state index is 0.454. The Hall–Kier alpha value is -1.61. The predicted molar refractivity (Wildman–Crippen MR) is 83.7 cm³/mol. The van der Waals surface area contributed by atoms with Gasteiger partial charge in [-0.3, -0.25) is 4.68 Å². The van der Waals surface area contributed by atoms with E-state index in [-0.39, 0.29) is 0 Å². The summed E-state index contributed by atoms with van der Waals surface area (Å²) in [5.74, 6) is 0. The lowest BCUT2D eigenvalue weighted by Gasteiger charge is -2.18. The van der Waals surface area contributed by atoms with Gasteiger partial charge in [0.05, 0.1) is 5.69 Å². The van der Waals surface area contributed by atoms with E-state index in [9.17, 15) is 0 Å². The third kappa shape index (κ3) is 3.94. The number of aromatic nitrogens is 2. The summed E-state index contributed by atoms with van der Waals surface area (Å²) in [5, 5.41) is 7.99. The molecule has 1 heterocycles. The van der Waals surface area contributed by atoms with E-state index in [0.29, 0.717) is 6.04 Å². The molecule has 0 saturated heterocycles. The molecule has 0 aliphatic rings. The zero-order valence-corrected chi connectivity index (χ0v) is 12.8. The zero-order chi connectivity index (χ0) is 14.4. The van der Waals surface area contributed by atoms with E-state index >= 15 is 0 Å². The summed E-state index contributed by atoms with van der Waals surface area (Å²) in [6.07, 6.45) is 3.42. The Labute approximate surface area is 122 Å². The van der Waals surface area contributed by atoms with Crippen molar-refractivity contribution in [2.75, 3.05) is 6.54 Å². The SMILES string of the molecule is CCNC(CCCc1cc(C)nn1C)c1ccccc1. The first-order chi connectivity index (χ1) is 9.70. The van der Waals surface area contributed by atoms with Gasteiger partial charge in [-0.25, -0.2) is 0 Å². The largest absolute Gasteiger partial charge is 0.310 e. The number of rotatable bonds is 7. The van der Waals surface area contributed by atoms with Crippen LogP contribution in [0.5, 0.6) is 0 Å². The second kappa shape index (κ2) is 7.25. The third-order valence-electron chi connectivity index (χ3n) is 3.68. The Morgan fingerprint density at radius 1 is 1.25 bits per heavy atom. The quantitative estimate of drug-likeness (QED) is 0.836. The first-order valence-corrected chi connectivity index (χ1v) is 7.48. The van der Waals surface area contributed by atoms with Gasteiger partial charge in [0.1, 0.15) is 0 Å². The molecule has 0 aliphatic heterocycles. The summed E-state index contributed by atoms with van der Waals surface area (Å²) in [5.41, 5.74) is 3.81. The summed E-state index contributed by atoms with van der Waals surface area (Å²) in [4.78, 5) is 0. The minimum Gasteiger partial charge on any atom is -0.310 e. The van der Waals surface area contributed by atoms with Gasteiger partial charge >= 0.3 is 0 Å². The van der Waals surface area contributed by atoms with Crippen LogP contribution in [0.15, 0.2) is 36.4 Å². The standard InChI is InChI=1S/C17H25N3/c1-4-18-17(15-9-6-5-7-10-15)12-8-11-16-13-14(2)19-20(16)3/h5-7,9-10,13,17-18H,4,8,11-12H2,1-3H3. The maximum atomic E-state index is 4.40. The second-order valence-electron chi connectivity index (χ2n) is 5.31. The van der Waals surface area contributed by atoms with Crippen molar-refractivity contribution in [1.82, 2.24) is 15.1 Å². The van der Waals surface area contributed by atoms with Crippen LogP contribution in [0.4, 0.5) is 0 Å². The number of hydrogen-bond donors (Lipinski definition) is 1. The van der Waals surface area contributed by atoms with E-state index in [1.165, 1.54) is 17.7 Å². The van der Waals surface area contributed by atoms with E-state index in [1.54, 1.807) is 0 Å². The summed E-state index contributed by atoms with van der Waals surface area (Å²) < 4.78 is 2.00. The van der Waals surface area contributed by atoms with Crippen LogP contribution >= 0.6 is 0 Å². The molecule has 0 amide bonds. The van der Waals surface area contributed by atoms with Gasteiger partial charge in [-0.15, -0.1) is 0 Å². The van der Waals surface area contributed by atoms with Crippen molar-refractivity contribution in [1.29, 1.82) is 0 Å². The highest BCUT2D eigenvalue weighted by Gasteiger charge is 2.10. The summed E-state index contributed by atoms with van der Waals surface area (Å²) in [6, 6.07) is 13.4. The molecule has 2 rings (SSSR count). The maximum absolute atomic E-state index is 4.40. The molecule has 20 heavy (non-hydrogen) atoms. The molecule has 1 aromatic carbocycles. The Morgan fingerprint density at radius 3 is 2.60 bits per heavy atom. The molecule has 1 N–H and O–H groups in total. The van der Waals surface area contributed by atoms with Crippen LogP contribution in [0.25, 0.3) is 0 Å². The van der Waals surface area contributed by atoms with Crippen LogP contribution in [0.2, 0.25) is 0 Å². The van der Waals surface area contributed by atoms with Crippen molar-refractivity contribution in [3.8, 4) is 0 Å². The Balaban J connectivity index is 1.91. The molecule has 1 atom stereocenters. The fourth-order valence-electron chi connectivity index (χ4n) is 2.70. The van der Waals surface area contributed by atoms with Crippen molar-refractivity contribution >= 4 is 0 Å². The topological polar surface area (TPSA) is 29.9 Å². The monoisotopic (exact) mass is 271 g/mol. The van der Waals surface area contributed by atoms with Gasteiger partial charge < -0.3 is 5.32 Å². The highest BCUT2D eigenvalue weighted by atomic mass is 15.3. The van der Waals surface area contributed by atoms with Gasteiger partial charge in [0.15, 0.2) is 0 Å². The first kappa shape index (κ1) is 14.8. The van der Waals surface area contributed by atoms with Crippen LogP contribution in [0, 0.1) is 6.92 Å². The molecule has 0 fully saturated rings. The van der Waals surface area contributed by atoms with Gasteiger partial charge in [0, 0.05) is 18.8 Å². The molecule has 1 unspecified atom stereocenters. The molecule has 0 spiro atoms. The molecular formula is C17H25N3. The van der Waals surface area contributed by atoms with Gasteiger partial charge in [-0.1, -0.05) is 37.3 Å². The van der Waals surface area contributed by atoms with E-state index in [0.717, 1.165) is 25.1 Å². The summed E-state index contributed by atoms with van der Waals surface area (Å²) >= 11 is 0. The van der Waals surface area contributed by atoms with Gasteiger partial charge in [-0.05, 0) is 44.4 Å². The van der Waals surface area contributed by atoms with Crippen molar-refractivity contribution in [2.45, 2.75) is 39.2 Å². The van der Waals surface area contributed by atoms with Crippen LogP contribution in [-0.2, 0) is 13.5 Å². The molecule has 0 aliphatic carbocycles. The molecule has 1 aromatic heterocycles. The first-order valence-electron chi connectivity index (χ1n) is 7.48. The number of benzene rings is 1. The van der Waals surface area contributed by atoms with E-state index in [2.05, 4.69) is 60.7 Å². The lowest BCUT2D eigenvalue weighted by molar-refractivity contribution is 0.493. The van der Waals surface area contributed by atoms with Crippen LogP contribution in [0.1, 0.15) is 42.8 Å². The fraction of sp³-hybridized carbons (Fsp3) is 0.471. The normalized spacial score (nSPS) is 12.6. The minimum atomic E-state index is 0.454. The van der Waals surface area contributed by atoms with Crippen molar-refractivity contribution < 1.29 is 0 Å². The molecular weight excluding hydrogens is 246 g/mol. The lowest BCUT2D eigenvalue weighted by Crippen LogP contribution is -2.21. The fourth-order valence-corrected chi connectivity index (χ4v) is 2.70. The number of hydrogen-bond acceptors (Lipinski definition) is 2. The molecule has 3 nitrogen and oxygen atoms in total. The Morgan fingerprint density at radius 2 is 2.00 bits per heavy atom. The zero-order valence-electron chi connectivity index (χ0n) is 12.8. The predicted octanol–water partition coefficient (Wildman–Crippen LogP) is 3.40. The molecule has 0 saturated carbocycles. The molecule has 0 radical (unpaired) electrons. The van der Waals surface area contributed by atoms with Crippen LogP contribution in [0.3, 0.4) is 0 Å². The highest BCUT2D eigenvalue weighted by Crippen LogP contribution is 2.19. The smallest absolute Gasteiger partial charge is 0.0596 e. The maximum Gasteiger partial charge on any atom is 0.0596 e. The van der Waals surface area contributed by atoms with E-state index in [4.69, 9.17) is 0 Å². The molecule has 3 heteroatoms. The summed E-state index contributed by atoms with van der Waals surface area (Å²) in [6.45, 7) is 5.22. The van der Waals surface area contributed by atoms with Gasteiger partial charge in [0.25, 0.3) is 0 Å².